The molecule has 2 aromatic carbocycles. The van der Waals surface area contributed by atoms with E-state index in [1.807, 2.05) is 0 Å². The van der Waals surface area contributed by atoms with Crippen LogP contribution in [0.1, 0.15) is 33.3 Å². The lowest BCUT2D eigenvalue weighted by atomic mass is 10.0. The number of fused-ring (bicyclic) bond motifs is 1. The molecule has 2 aromatic rings. The fourth-order valence-corrected chi connectivity index (χ4v) is 2.85. The highest BCUT2D eigenvalue weighted by molar-refractivity contribution is 5.87. The van der Waals surface area contributed by atoms with Gasteiger partial charge in [-0.05, 0) is 43.8 Å². The molecule has 0 aliphatic rings. The van der Waals surface area contributed by atoms with Crippen molar-refractivity contribution in [2.24, 2.45) is 0 Å². The Labute approximate surface area is 140 Å². The molecule has 2 rings (SSSR count). The second-order valence-electron chi connectivity index (χ2n) is 6.13. The number of hydrogen-bond acceptors (Lipinski definition) is 3. The van der Waals surface area contributed by atoms with Gasteiger partial charge in [0.2, 0.25) is 0 Å². The molecule has 0 unspecified atom stereocenters. The molecule has 1 N–H and O–H groups in total. The van der Waals surface area contributed by atoms with E-state index in [2.05, 4.69) is 74.3 Å². The van der Waals surface area contributed by atoms with E-state index >= 15 is 0 Å². The molecule has 3 nitrogen and oxygen atoms in total. The van der Waals surface area contributed by atoms with E-state index in [-0.39, 0.29) is 6.10 Å². The zero-order valence-electron chi connectivity index (χ0n) is 14.9. The summed E-state index contributed by atoms with van der Waals surface area (Å²) in [4.78, 5) is 2.43. The van der Waals surface area contributed by atoms with Crippen LogP contribution in [0.3, 0.4) is 0 Å². The van der Waals surface area contributed by atoms with Crippen LogP contribution < -0.4 is 10.1 Å². The zero-order valence-corrected chi connectivity index (χ0v) is 14.9. The highest BCUT2D eigenvalue weighted by Gasteiger charge is 2.10. The molecule has 0 aliphatic carbocycles. The van der Waals surface area contributed by atoms with Crippen LogP contribution in [-0.2, 0) is 6.54 Å². The van der Waals surface area contributed by atoms with Crippen molar-refractivity contribution in [2.75, 3.05) is 26.2 Å². The molecule has 0 aliphatic heterocycles. The first-order chi connectivity index (χ1) is 11.2. The fraction of sp³-hybridized carbons (Fsp3) is 0.500. The molecule has 3 heteroatoms. The van der Waals surface area contributed by atoms with Gasteiger partial charge in [0, 0.05) is 25.2 Å². The topological polar surface area (TPSA) is 24.5 Å². The van der Waals surface area contributed by atoms with Gasteiger partial charge in [-0.1, -0.05) is 44.2 Å². The van der Waals surface area contributed by atoms with Gasteiger partial charge in [-0.25, -0.2) is 0 Å². The van der Waals surface area contributed by atoms with Crippen molar-refractivity contribution in [3.63, 3.8) is 0 Å². The van der Waals surface area contributed by atoms with Gasteiger partial charge in [0.25, 0.3) is 0 Å². The lowest BCUT2D eigenvalue weighted by Gasteiger charge is -2.20. The van der Waals surface area contributed by atoms with Crippen molar-refractivity contribution in [2.45, 2.75) is 40.3 Å². The van der Waals surface area contributed by atoms with Gasteiger partial charge >= 0.3 is 0 Å². The Hall–Kier alpha value is -1.58. The Morgan fingerprint density at radius 1 is 1.04 bits per heavy atom. The molecule has 0 heterocycles. The largest absolute Gasteiger partial charge is 0.491 e. The zero-order chi connectivity index (χ0) is 16.7. The number of nitrogens with zero attached hydrogens (tertiary/aromatic N) is 1. The van der Waals surface area contributed by atoms with Gasteiger partial charge < -0.3 is 15.0 Å². The first-order valence-electron chi connectivity index (χ1n) is 8.76. The second kappa shape index (κ2) is 8.90. The second-order valence-corrected chi connectivity index (χ2v) is 6.13. The van der Waals surface area contributed by atoms with Crippen LogP contribution in [0.4, 0.5) is 0 Å². The predicted octanol–water partition coefficient (Wildman–Crippen LogP) is 4.06. The van der Waals surface area contributed by atoms with Crippen LogP contribution >= 0.6 is 0 Å². The molecule has 126 valence electrons. The van der Waals surface area contributed by atoms with E-state index in [1.54, 1.807) is 0 Å². The lowest BCUT2D eigenvalue weighted by Crippen LogP contribution is -2.31. The molecular formula is C20H30N2O. The van der Waals surface area contributed by atoms with Crippen molar-refractivity contribution in [1.29, 1.82) is 0 Å². The van der Waals surface area contributed by atoms with Gasteiger partial charge in [-0.15, -0.1) is 0 Å². The average Bonchev–Trinajstić information content (AvgIpc) is 2.56. The third-order valence-corrected chi connectivity index (χ3v) is 4.16. The van der Waals surface area contributed by atoms with Crippen LogP contribution in [0.5, 0.6) is 5.75 Å². The summed E-state index contributed by atoms with van der Waals surface area (Å²) in [5, 5.41) is 6.13. The fourth-order valence-electron chi connectivity index (χ4n) is 2.85. The summed E-state index contributed by atoms with van der Waals surface area (Å²) in [7, 11) is 0. The van der Waals surface area contributed by atoms with Gasteiger partial charge in [-0.2, -0.15) is 0 Å². The standard InChI is InChI=1S/C20H30N2O/c1-5-22(6-2)14-13-21-15-19-18-10-8-7-9-17(18)11-12-20(19)23-16(3)4/h7-12,16,21H,5-6,13-15H2,1-4H3. The number of benzene rings is 2. The van der Waals surface area contributed by atoms with Gasteiger partial charge in [0.1, 0.15) is 5.75 Å². The Morgan fingerprint density at radius 2 is 1.78 bits per heavy atom. The highest BCUT2D eigenvalue weighted by atomic mass is 16.5. The molecule has 23 heavy (non-hydrogen) atoms. The summed E-state index contributed by atoms with van der Waals surface area (Å²) in [6, 6.07) is 12.8. The summed E-state index contributed by atoms with van der Waals surface area (Å²) >= 11 is 0. The van der Waals surface area contributed by atoms with Crippen LogP contribution in [0, 0.1) is 0 Å². The minimum absolute atomic E-state index is 0.186. The van der Waals surface area contributed by atoms with Crippen molar-refractivity contribution in [3.8, 4) is 5.75 Å². The minimum atomic E-state index is 0.186. The Bertz CT molecular complexity index is 606. The highest BCUT2D eigenvalue weighted by Crippen LogP contribution is 2.28. The van der Waals surface area contributed by atoms with E-state index in [1.165, 1.54) is 16.3 Å². The average molecular weight is 314 g/mol. The minimum Gasteiger partial charge on any atom is -0.491 e. The molecule has 0 fully saturated rings. The molecule has 0 saturated carbocycles. The molecule has 0 saturated heterocycles. The summed E-state index contributed by atoms with van der Waals surface area (Å²) in [5.41, 5.74) is 1.26. The van der Waals surface area contributed by atoms with Crippen molar-refractivity contribution in [1.82, 2.24) is 10.2 Å². The van der Waals surface area contributed by atoms with Crippen LogP contribution in [-0.4, -0.2) is 37.2 Å². The number of nitrogens with one attached hydrogen (secondary N) is 1. The van der Waals surface area contributed by atoms with Gasteiger partial charge in [-0.3, -0.25) is 0 Å². The summed E-state index contributed by atoms with van der Waals surface area (Å²) in [6.07, 6.45) is 0.186. The Balaban J connectivity index is 2.12. The molecule has 0 radical (unpaired) electrons. The monoisotopic (exact) mass is 314 g/mol. The summed E-state index contributed by atoms with van der Waals surface area (Å²) in [5.74, 6) is 0.994. The van der Waals surface area contributed by atoms with E-state index in [4.69, 9.17) is 4.74 Å². The molecule has 0 atom stereocenters. The number of rotatable bonds is 9. The number of hydrogen-bond donors (Lipinski definition) is 1. The first kappa shape index (κ1) is 17.8. The van der Waals surface area contributed by atoms with Crippen LogP contribution in [0.2, 0.25) is 0 Å². The van der Waals surface area contributed by atoms with Gasteiger partial charge in [0.15, 0.2) is 0 Å². The summed E-state index contributed by atoms with van der Waals surface area (Å²) < 4.78 is 6.02. The van der Waals surface area contributed by atoms with Gasteiger partial charge in [0.05, 0.1) is 6.10 Å². The Kier molecular flexibility index (Phi) is 6.87. The first-order valence-corrected chi connectivity index (χ1v) is 8.76. The smallest absolute Gasteiger partial charge is 0.124 e. The lowest BCUT2D eigenvalue weighted by molar-refractivity contribution is 0.239. The quantitative estimate of drug-likeness (QED) is 0.706. The molecule has 0 aromatic heterocycles. The third kappa shape index (κ3) is 4.95. The molecule has 0 spiro atoms. The molecule has 0 bridgehead atoms. The number of likely N-dealkylation sites (N-methyl/N-ethyl adjacent to an activating group) is 1. The predicted molar refractivity (Wildman–Crippen MR) is 99.2 cm³/mol. The van der Waals surface area contributed by atoms with E-state index in [9.17, 15) is 0 Å². The number of ether oxygens (including phenoxy) is 1. The maximum atomic E-state index is 6.02. The molecule has 0 amide bonds. The van der Waals surface area contributed by atoms with Crippen molar-refractivity contribution < 1.29 is 4.74 Å². The van der Waals surface area contributed by atoms with E-state index in [0.29, 0.717) is 0 Å². The van der Waals surface area contributed by atoms with E-state index in [0.717, 1.165) is 38.5 Å². The normalized spacial score (nSPS) is 11.6. The summed E-state index contributed by atoms with van der Waals surface area (Å²) in [6.45, 7) is 13.7. The van der Waals surface area contributed by atoms with Crippen LogP contribution in [0.15, 0.2) is 36.4 Å². The Morgan fingerprint density at radius 3 is 2.48 bits per heavy atom. The maximum Gasteiger partial charge on any atom is 0.124 e. The van der Waals surface area contributed by atoms with Crippen LogP contribution in [0.25, 0.3) is 10.8 Å². The van der Waals surface area contributed by atoms with Crippen molar-refractivity contribution in [3.05, 3.63) is 42.0 Å². The SMILES string of the molecule is CCN(CC)CCNCc1c(OC(C)C)ccc2ccccc12. The van der Waals surface area contributed by atoms with Crippen molar-refractivity contribution >= 4 is 10.8 Å². The maximum absolute atomic E-state index is 6.02. The van der Waals surface area contributed by atoms with E-state index < -0.39 is 0 Å². The molecular weight excluding hydrogens is 284 g/mol. The third-order valence-electron chi connectivity index (χ3n) is 4.16.